The number of cyclic esters (lactones) is 1. The van der Waals surface area contributed by atoms with Crippen LogP contribution < -0.4 is 10.1 Å². The lowest BCUT2D eigenvalue weighted by atomic mass is 9.83. The van der Waals surface area contributed by atoms with Crippen molar-refractivity contribution in [2.75, 3.05) is 6.61 Å². The number of carbonyl (C=O) groups is 3. The highest BCUT2D eigenvalue weighted by atomic mass is 127. The number of alkyl halides is 1. The Morgan fingerprint density at radius 3 is 2.66 bits per heavy atom. The van der Waals surface area contributed by atoms with Gasteiger partial charge in [0.2, 0.25) is 11.8 Å². The number of ether oxygens (including phenoxy) is 2. The minimum Gasteiger partial charge on any atom is -0.480 e. The van der Waals surface area contributed by atoms with E-state index in [0.717, 1.165) is 74.1 Å². The smallest absolute Gasteiger partial charge is 0.407 e. The number of aryl methyl sites for hydroxylation is 1. The van der Waals surface area contributed by atoms with E-state index in [1.54, 1.807) is 6.20 Å². The Morgan fingerprint density at radius 1 is 1.08 bits per heavy atom. The maximum absolute atomic E-state index is 14.0. The molecule has 4 bridgehead atoms. The molecule has 1 unspecified atom stereocenters. The molecule has 204 valence electrons. The van der Waals surface area contributed by atoms with Gasteiger partial charge in [-0.1, -0.05) is 54.0 Å². The lowest BCUT2D eigenvalue weighted by molar-refractivity contribution is -0.150. The van der Waals surface area contributed by atoms with Crippen LogP contribution in [0.1, 0.15) is 63.4 Å². The van der Waals surface area contributed by atoms with Crippen molar-refractivity contribution < 1.29 is 29.0 Å². The molecule has 10 heteroatoms. The lowest BCUT2D eigenvalue weighted by Crippen LogP contribution is -2.56. The van der Waals surface area contributed by atoms with Crippen LogP contribution >= 0.6 is 22.6 Å². The van der Waals surface area contributed by atoms with E-state index in [1.165, 1.54) is 4.90 Å². The van der Waals surface area contributed by atoms with E-state index < -0.39 is 34.3 Å². The summed E-state index contributed by atoms with van der Waals surface area (Å²) in [6.45, 7) is 0.273. The number of aliphatic carboxylic acids is 1. The van der Waals surface area contributed by atoms with Gasteiger partial charge in [-0.15, -0.1) is 0 Å². The number of fused-ring (bicyclic) bond motifs is 3. The fourth-order valence-corrected chi connectivity index (χ4v) is 7.03. The molecular weight excluding hydrogens is 601 g/mol. The van der Waals surface area contributed by atoms with Gasteiger partial charge >= 0.3 is 12.1 Å². The molecule has 5 rings (SSSR count). The number of carboxylic acid groups (broad SMARTS) is 1. The predicted octanol–water partition coefficient (Wildman–Crippen LogP) is 4.83. The number of pyridine rings is 1. The molecule has 0 radical (unpaired) electrons. The number of halogens is 1. The second-order valence-corrected chi connectivity index (χ2v) is 11.8. The van der Waals surface area contributed by atoms with Crippen LogP contribution in [0.25, 0.3) is 10.8 Å². The Balaban J connectivity index is 1.50. The fourth-order valence-electron chi connectivity index (χ4n) is 5.93. The third-order valence-corrected chi connectivity index (χ3v) is 9.37. The van der Waals surface area contributed by atoms with Crippen molar-refractivity contribution in [1.82, 2.24) is 15.2 Å². The first-order valence-electron chi connectivity index (χ1n) is 13.6. The molecule has 2 amide bonds. The van der Waals surface area contributed by atoms with E-state index in [9.17, 15) is 19.5 Å². The van der Waals surface area contributed by atoms with Gasteiger partial charge < -0.3 is 24.8 Å². The molecule has 4 atom stereocenters. The van der Waals surface area contributed by atoms with Gasteiger partial charge in [-0.05, 0) is 67.5 Å². The second-order valence-electron chi connectivity index (χ2n) is 10.5. The zero-order chi connectivity index (χ0) is 26.6. The zero-order valence-corrected chi connectivity index (χ0v) is 23.5. The molecule has 2 fully saturated rings. The summed E-state index contributed by atoms with van der Waals surface area (Å²) in [5, 5.41) is 14.8. The van der Waals surface area contributed by atoms with Gasteiger partial charge in [0.05, 0.1) is 6.61 Å². The number of carboxylic acids is 1. The number of nitrogens with one attached hydrogen (secondary N) is 1. The molecule has 1 aromatic heterocycles. The van der Waals surface area contributed by atoms with Crippen LogP contribution in [0.3, 0.4) is 0 Å². The molecule has 2 N–H and O–H groups in total. The van der Waals surface area contributed by atoms with Crippen LogP contribution in [0.4, 0.5) is 4.79 Å². The van der Waals surface area contributed by atoms with Crippen LogP contribution in [-0.4, -0.2) is 61.8 Å². The van der Waals surface area contributed by atoms with Crippen molar-refractivity contribution in [3.8, 4) is 5.88 Å². The minimum atomic E-state index is -1.09. The fraction of sp³-hybridized carbons (Fsp3) is 0.571. The number of amides is 2. The highest BCUT2D eigenvalue weighted by molar-refractivity contribution is 14.1. The Kier molecular flexibility index (Phi) is 8.54. The second kappa shape index (κ2) is 12.0. The minimum absolute atomic E-state index is 0.0643. The van der Waals surface area contributed by atoms with Gasteiger partial charge in [-0.25, -0.2) is 14.6 Å². The summed E-state index contributed by atoms with van der Waals surface area (Å²) in [5.41, 5.74) is 1.16. The molecule has 1 saturated carbocycles. The number of hydrogen-bond acceptors (Lipinski definition) is 6. The normalized spacial score (nSPS) is 27.8. The van der Waals surface area contributed by atoms with Crippen LogP contribution in [-0.2, 0) is 20.7 Å². The maximum Gasteiger partial charge on any atom is 0.407 e. The first-order valence-corrected chi connectivity index (χ1v) is 14.8. The summed E-state index contributed by atoms with van der Waals surface area (Å²) in [4.78, 5) is 45.0. The van der Waals surface area contributed by atoms with E-state index in [-0.39, 0.29) is 24.9 Å². The van der Waals surface area contributed by atoms with E-state index >= 15 is 0 Å². The van der Waals surface area contributed by atoms with E-state index in [2.05, 4.69) is 45.0 Å². The Bertz CT molecular complexity index is 1190. The van der Waals surface area contributed by atoms with Crippen molar-refractivity contribution in [3.05, 3.63) is 36.0 Å². The summed E-state index contributed by atoms with van der Waals surface area (Å²) in [5.74, 6) is -1.09. The number of nitrogens with zero attached hydrogens (tertiary/aromatic N) is 2. The number of alkyl carbamates (subject to hydrolysis) is 1. The molecular formula is C28H34IN3O6. The first-order chi connectivity index (χ1) is 18.4. The van der Waals surface area contributed by atoms with Crippen molar-refractivity contribution in [3.63, 3.8) is 0 Å². The molecule has 38 heavy (non-hydrogen) atoms. The molecule has 1 aromatic carbocycles. The van der Waals surface area contributed by atoms with Crippen LogP contribution in [0.2, 0.25) is 0 Å². The summed E-state index contributed by atoms with van der Waals surface area (Å²) < 4.78 is 11.3. The summed E-state index contributed by atoms with van der Waals surface area (Å²) in [7, 11) is 0. The van der Waals surface area contributed by atoms with Crippen LogP contribution in [0, 0.1) is 5.92 Å². The molecule has 2 aliphatic heterocycles. The van der Waals surface area contributed by atoms with Gasteiger partial charge in [0.1, 0.15) is 22.2 Å². The highest BCUT2D eigenvalue weighted by Crippen LogP contribution is 2.37. The maximum atomic E-state index is 14.0. The number of rotatable bonds is 2. The zero-order valence-electron chi connectivity index (χ0n) is 21.3. The number of carbonyl (C=O) groups excluding carboxylic acids is 2. The number of aromatic nitrogens is 1. The van der Waals surface area contributed by atoms with Gasteiger partial charge in [-0.3, -0.25) is 4.79 Å². The van der Waals surface area contributed by atoms with Crippen molar-refractivity contribution >= 4 is 51.3 Å². The Labute approximate surface area is 235 Å². The van der Waals surface area contributed by atoms with Gasteiger partial charge in [0.25, 0.3) is 0 Å². The SMILES string of the molecule is O=C1N[C@@H](C2CCCCC2)C(=O)N2C(I)[C@@H](C[C@H]2C(=O)O)Oc2nccc3ccc(cc23)CCCCCO1. The molecule has 1 aliphatic carbocycles. The summed E-state index contributed by atoms with van der Waals surface area (Å²) >= 11 is 2.10. The largest absolute Gasteiger partial charge is 0.480 e. The molecule has 1 saturated heterocycles. The topological polar surface area (TPSA) is 118 Å². The number of benzene rings is 1. The summed E-state index contributed by atoms with van der Waals surface area (Å²) in [6.07, 6.45) is 8.72. The monoisotopic (exact) mass is 635 g/mol. The van der Waals surface area contributed by atoms with Crippen LogP contribution in [0.15, 0.2) is 30.5 Å². The Morgan fingerprint density at radius 2 is 1.87 bits per heavy atom. The van der Waals surface area contributed by atoms with Gasteiger partial charge in [0.15, 0.2) is 0 Å². The summed E-state index contributed by atoms with van der Waals surface area (Å²) in [6, 6.07) is 6.25. The third-order valence-electron chi connectivity index (χ3n) is 7.96. The van der Waals surface area contributed by atoms with E-state index in [1.807, 2.05) is 12.1 Å². The molecule has 2 aromatic rings. The Hall–Kier alpha value is -2.63. The molecule has 3 heterocycles. The predicted molar refractivity (Wildman–Crippen MR) is 149 cm³/mol. The van der Waals surface area contributed by atoms with E-state index in [4.69, 9.17) is 9.47 Å². The third kappa shape index (κ3) is 5.84. The highest BCUT2D eigenvalue weighted by Gasteiger charge is 2.50. The van der Waals surface area contributed by atoms with Crippen molar-refractivity contribution in [1.29, 1.82) is 0 Å². The average Bonchev–Trinajstić information content (AvgIpc) is 3.25. The standard InChI is InChI=1S/C28H34IN3O6/c29-24-22-16-21(27(34)35)32(24)26(33)23(19-8-4-1-5-9-19)31-28(36)37-14-6-2-3-7-17-10-11-18-12-13-30-25(38-22)20(18)15-17/h10-13,15,19,21-24H,1-9,14,16H2,(H,31,36)(H,34,35)/t21-,22+,23-,24?/m0/s1. The quantitative estimate of drug-likeness (QED) is 0.276. The first kappa shape index (κ1) is 27.0. The van der Waals surface area contributed by atoms with Gasteiger partial charge in [0, 0.05) is 18.0 Å². The van der Waals surface area contributed by atoms with E-state index in [0.29, 0.717) is 5.88 Å². The van der Waals surface area contributed by atoms with Gasteiger partial charge in [-0.2, -0.15) is 0 Å². The van der Waals surface area contributed by atoms with Crippen molar-refractivity contribution in [2.45, 2.75) is 86.4 Å². The molecule has 9 nitrogen and oxygen atoms in total. The lowest BCUT2D eigenvalue weighted by Gasteiger charge is -2.35. The molecule has 3 aliphatic rings. The number of hydrogen-bond donors (Lipinski definition) is 2. The average molecular weight is 635 g/mol. The van der Waals surface area contributed by atoms with Crippen molar-refractivity contribution in [2.24, 2.45) is 5.92 Å². The van der Waals surface area contributed by atoms with Crippen LogP contribution in [0.5, 0.6) is 5.88 Å². The molecule has 0 spiro atoms.